The van der Waals surface area contributed by atoms with Crippen LogP contribution in [0, 0.1) is 10.7 Å². The summed E-state index contributed by atoms with van der Waals surface area (Å²) in [6.45, 7) is 1.25. The molecule has 0 radical (unpaired) electrons. The van der Waals surface area contributed by atoms with E-state index in [2.05, 4.69) is 15.8 Å². The van der Waals surface area contributed by atoms with Gasteiger partial charge in [-0.15, -0.1) is 4.91 Å². The first-order chi connectivity index (χ1) is 15.4. The van der Waals surface area contributed by atoms with Crippen LogP contribution in [0.15, 0.2) is 35.5 Å². The predicted molar refractivity (Wildman–Crippen MR) is 112 cm³/mol. The minimum Gasteiger partial charge on any atom is -0.493 e. The van der Waals surface area contributed by atoms with E-state index >= 15 is 0 Å². The summed E-state index contributed by atoms with van der Waals surface area (Å²) in [6.07, 6.45) is 0. The molecule has 0 unspecified atom stereocenters. The summed E-state index contributed by atoms with van der Waals surface area (Å²) in [7, 11) is 0. The first kappa shape index (κ1) is 21.2. The number of benzene rings is 2. The highest BCUT2D eigenvalue weighted by molar-refractivity contribution is 6.00. The second-order valence-electron chi connectivity index (χ2n) is 7.20. The average Bonchev–Trinajstić information content (AvgIpc) is 3.02. The van der Waals surface area contributed by atoms with E-state index in [4.69, 9.17) is 9.47 Å². The lowest BCUT2D eigenvalue weighted by atomic mass is 10.1. The fourth-order valence-corrected chi connectivity index (χ4v) is 3.60. The van der Waals surface area contributed by atoms with E-state index in [-0.39, 0.29) is 38.1 Å². The molecule has 3 aromatic rings. The fourth-order valence-electron chi connectivity index (χ4n) is 3.60. The van der Waals surface area contributed by atoms with Crippen molar-refractivity contribution in [3.8, 4) is 11.6 Å². The van der Waals surface area contributed by atoms with Gasteiger partial charge < -0.3 is 29.8 Å². The molecule has 3 N–H and O–H groups in total. The van der Waals surface area contributed by atoms with Crippen LogP contribution in [0.1, 0.15) is 18.1 Å². The van der Waals surface area contributed by atoms with Gasteiger partial charge in [-0.25, -0.2) is 4.39 Å². The maximum Gasteiger partial charge on any atom is 0.243 e. The third kappa shape index (κ3) is 4.10. The van der Waals surface area contributed by atoms with Crippen molar-refractivity contribution in [2.75, 3.05) is 18.7 Å². The molecule has 0 saturated heterocycles. The third-order valence-corrected chi connectivity index (χ3v) is 4.96. The number of hydrogen-bond donors (Lipinski definition) is 3. The van der Waals surface area contributed by atoms with E-state index in [1.165, 1.54) is 35.8 Å². The van der Waals surface area contributed by atoms with Gasteiger partial charge in [-0.1, -0.05) is 0 Å². The van der Waals surface area contributed by atoms with E-state index in [0.717, 1.165) is 0 Å². The molecule has 0 aliphatic carbocycles. The van der Waals surface area contributed by atoms with Crippen molar-refractivity contribution in [2.24, 2.45) is 5.18 Å². The van der Waals surface area contributed by atoms with Gasteiger partial charge >= 0.3 is 0 Å². The highest BCUT2D eigenvalue weighted by atomic mass is 19.1. The number of nitrogens with zero attached hydrogens (tertiary/aromatic N) is 2. The lowest BCUT2D eigenvalue weighted by molar-refractivity contribution is -0.122. The summed E-state index contributed by atoms with van der Waals surface area (Å²) in [6, 6.07) is 7.21. The molecule has 2 aromatic carbocycles. The Hall–Kier alpha value is -3.99. The zero-order chi connectivity index (χ0) is 22.8. The van der Waals surface area contributed by atoms with E-state index in [1.807, 2.05) is 0 Å². The largest absolute Gasteiger partial charge is 0.493 e. The molecule has 4 rings (SSSR count). The molecule has 0 bridgehead atoms. The van der Waals surface area contributed by atoms with Crippen molar-refractivity contribution >= 4 is 34.1 Å². The number of ether oxygens (including phenoxy) is 2. The summed E-state index contributed by atoms with van der Waals surface area (Å²) >= 11 is 0. The predicted octanol–water partition coefficient (Wildman–Crippen LogP) is 2.87. The zero-order valence-electron chi connectivity index (χ0n) is 17.0. The Kier molecular flexibility index (Phi) is 5.73. The number of amides is 2. The van der Waals surface area contributed by atoms with Gasteiger partial charge in [-0.2, -0.15) is 0 Å². The first-order valence-corrected chi connectivity index (χ1v) is 9.62. The second kappa shape index (κ2) is 8.63. The lowest BCUT2D eigenvalue weighted by Crippen LogP contribution is -2.31. The Morgan fingerprint density at radius 1 is 1.28 bits per heavy atom. The molecule has 0 spiro atoms. The highest BCUT2D eigenvalue weighted by Crippen LogP contribution is 2.41. The molecule has 166 valence electrons. The van der Waals surface area contributed by atoms with Crippen LogP contribution in [-0.4, -0.2) is 34.8 Å². The van der Waals surface area contributed by atoms with E-state index < -0.39 is 17.6 Å². The molecule has 0 saturated carbocycles. The molecule has 1 aliphatic rings. The number of carbonyl (C=O) groups is 2. The van der Waals surface area contributed by atoms with Gasteiger partial charge in [0.2, 0.25) is 17.7 Å². The fraction of sp³-hybridized carbons (Fsp3) is 0.238. The molecule has 10 nitrogen and oxygen atoms in total. The van der Waals surface area contributed by atoms with E-state index in [1.54, 1.807) is 6.07 Å². The van der Waals surface area contributed by atoms with Crippen molar-refractivity contribution in [1.82, 2.24) is 9.88 Å². The Labute approximate surface area is 180 Å². The van der Waals surface area contributed by atoms with Crippen molar-refractivity contribution in [3.05, 3.63) is 52.2 Å². The first-order valence-electron chi connectivity index (χ1n) is 9.62. The summed E-state index contributed by atoms with van der Waals surface area (Å²) in [4.78, 5) is 34.4. The van der Waals surface area contributed by atoms with E-state index in [0.29, 0.717) is 33.5 Å². The molecule has 0 atom stereocenters. The summed E-state index contributed by atoms with van der Waals surface area (Å²) in [5, 5.41) is 18.9. The van der Waals surface area contributed by atoms with Crippen LogP contribution in [0.4, 0.5) is 15.8 Å². The number of carbonyl (C=O) groups excluding carboxylic acids is 2. The van der Waals surface area contributed by atoms with Gasteiger partial charge in [0.15, 0.2) is 12.5 Å². The van der Waals surface area contributed by atoms with Crippen molar-refractivity contribution < 1.29 is 28.6 Å². The van der Waals surface area contributed by atoms with Crippen LogP contribution in [0.2, 0.25) is 0 Å². The summed E-state index contributed by atoms with van der Waals surface area (Å²) in [5.41, 5.74) is 1.55. The topological polar surface area (TPSA) is 131 Å². The quantitative estimate of drug-likeness (QED) is 0.503. The van der Waals surface area contributed by atoms with Gasteiger partial charge in [0, 0.05) is 29.1 Å². The molecule has 2 amide bonds. The maximum atomic E-state index is 14.2. The number of anilines is 1. The van der Waals surface area contributed by atoms with Crippen LogP contribution in [0.3, 0.4) is 0 Å². The second-order valence-corrected chi connectivity index (χ2v) is 7.20. The number of aromatic nitrogens is 1. The number of fused-ring (bicyclic) bond motifs is 2. The van der Waals surface area contributed by atoms with Crippen molar-refractivity contribution in [1.29, 1.82) is 0 Å². The monoisotopic (exact) mass is 442 g/mol. The maximum absolute atomic E-state index is 14.2. The Morgan fingerprint density at radius 3 is 2.84 bits per heavy atom. The molecule has 0 fully saturated rings. The SMILES string of the molecule is CC(=O)NCC(=O)Nc1ccc2c(N=O)c(O)n(Cc3cc(F)cc4c3OCOC4)c2c1. The molecular weight excluding hydrogens is 423 g/mol. The molecule has 2 heterocycles. The van der Waals surface area contributed by atoms with E-state index in [9.17, 15) is 24.0 Å². The standard InChI is InChI=1S/C21H19FN4O6/c1-11(27)23-7-18(28)24-15-2-3-16-17(6-15)26(21(29)19(16)25-30)8-12-4-14(22)5-13-9-31-10-32-20(12)13/h2-6,29H,7-10H2,1H3,(H,23,27)(H,24,28). The highest BCUT2D eigenvalue weighted by Gasteiger charge is 2.22. The number of halogens is 1. The summed E-state index contributed by atoms with van der Waals surface area (Å²) in [5.74, 6) is -1.25. The summed E-state index contributed by atoms with van der Waals surface area (Å²) < 4.78 is 26.3. The van der Waals surface area contributed by atoms with Gasteiger partial charge in [-0.3, -0.25) is 9.59 Å². The van der Waals surface area contributed by atoms with Crippen LogP contribution in [-0.2, 0) is 27.5 Å². The third-order valence-electron chi connectivity index (χ3n) is 4.96. The smallest absolute Gasteiger partial charge is 0.243 e. The number of hydrogen-bond acceptors (Lipinski definition) is 7. The average molecular weight is 442 g/mol. The minimum absolute atomic E-state index is 0.00959. The van der Waals surface area contributed by atoms with Crippen LogP contribution >= 0.6 is 0 Å². The van der Waals surface area contributed by atoms with Crippen molar-refractivity contribution in [2.45, 2.75) is 20.1 Å². The number of rotatable bonds is 6. The Bertz CT molecular complexity index is 1240. The zero-order valence-corrected chi connectivity index (χ0v) is 17.0. The van der Waals surface area contributed by atoms with Crippen LogP contribution in [0.5, 0.6) is 11.6 Å². The molecule has 11 heteroatoms. The lowest BCUT2D eigenvalue weighted by Gasteiger charge is -2.21. The number of nitrogens with one attached hydrogen (secondary N) is 2. The van der Waals surface area contributed by atoms with Crippen LogP contribution < -0.4 is 15.4 Å². The number of nitroso groups, excluding NO2 is 1. The minimum atomic E-state index is -0.497. The molecular formula is C21H19FN4O6. The Morgan fingerprint density at radius 2 is 2.09 bits per heavy atom. The number of aromatic hydroxyl groups is 1. The van der Waals surface area contributed by atoms with Gasteiger partial charge in [-0.05, 0) is 35.5 Å². The van der Waals surface area contributed by atoms with Gasteiger partial charge in [0.05, 0.1) is 25.2 Å². The molecule has 1 aromatic heterocycles. The van der Waals surface area contributed by atoms with Gasteiger partial charge in [0.1, 0.15) is 11.6 Å². The van der Waals surface area contributed by atoms with Crippen LogP contribution in [0.25, 0.3) is 10.9 Å². The molecule has 1 aliphatic heterocycles. The molecule has 32 heavy (non-hydrogen) atoms. The van der Waals surface area contributed by atoms with Gasteiger partial charge in [0.25, 0.3) is 0 Å². The Balaban J connectivity index is 1.73. The normalized spacial score (nSPS) is 12.7. The van der Waals surface area contributed by atoms with Crippen molar-refractivity contribution in [3.63, 3.8) is 0 Å².